The van der Waals surface area contributed by atoms with E-state index in [0.717, 1.165) is 19.6 Å². The van der Waals surface area contributed by atoms with Crippen molar-refractivity contribution in [3.63, 3.8) is 0 Å². The van der Waals surface area contributed by atoms with Gasteiger partial charge in [-0.2, -0.15) is 5.10 Å². The fourth-order valence-electron chi connectivity index (χ4n) is 2.31. The summed E-state index contributed by atoms with van der Waals surface area (Å²) in [5.41, 5.74) is 0. The van der Waals surface area contributed by atoms with Gasteiger partial charge in [0.25, 0.3) is 0 Å². The molecule has 96 valence electrons. The molecule has 1 aliphatic heterocycles. The second-order valence-corrected chi connectivity index (χ2v) is 4.42. The lowest BCUT2D eigenvalue weighted by Crippen LogP contribution is -2.38. The number of likely N-dealkylation sites (tertiary alicyclic amines) is 1. The third kappa shape index (κ3) is 3.80. The van der Waals surface area contributed by atoms with Crippen LogP contribution in [-0.2, 0) is 4.74 Å². The molecule has 0 amide bonds. The van der Waals surface area contributed by atoms with E-state index in [9.17, 15) is 0 Å². The van der Waals surface area contributed by atoms with Crippen molar-refractivity contribution in [2.75, 3.05) is 39.5 Å². The maximum Gasteiger partial charge on any atom is 0.0698 e. The molecule has 1 aromatic rings. The molecule has 1 fully saturated rings. The highest BCUT2D eigenvalue weighted by Gasteiger charge is 2.20. The number of aliphatic hydroxyl groups excluding tert-OH is 1. The molecular formula is C12H21N3O2. The second-order valence-electron chi connectivity index (χ2n) is 4.42. The summed E-state index contributed by atoms with van der Waals surface area (Å²) in [5.74, 6) is 0. The Morgan fingerprint density at radius 2 is 2.35 bits per heavy atom. The summed E-state index contributed by atoms with van der Waals surface area (Å²) >= 11 is 0. The first kappa shape index (κ1) is 12.5. The van der Waals surface area contributed by atoms with Gasteiger partial charge in [0.2, 0.25) is 0 Å². The van der Waals surface area contributed by atoms with Gasteiger partial charge in [-0.05, 0) is 25.5 Å². The van der Waals surface area contributed by atoms with Crippen molar-refractivity contribution in [2.45, 2.75) is 18.9 Å². The predicted octanol–water partition coefficient (Wildman–Crippen LogP) is 0.529. The van der Waals surface area contributed by atoms with Gasteiger partial charge in [-0.3, -0.25) is 9.58 Å². The largest absolute Gasteiger partial charge is 0.394 e. The molecule has 1 aromatic heterocycles. The van der Waals surface area contributed by atoms with Gasteiger partial charge in [-0.15, -0.1) is 0 Å². The average Bonchev–Trinajstić information content (AvgIpc) is 2.89. The molecule has 1 aliphatic rings. The van der Waals surface area contributed by atoms with Gasteiger partial charge in [0.1, 0.15) is 0 Å². The number of piperidine rings is 1. The van der Waals surface area contributed by atoms with Crippen LogP contribution in [0.15, 0.2) is 18.5 Å². The molecule has 2 heterocycles. The van der Waals surface area contributed by atoms with E-state index in [1.165, 1.54) is 12.8 Å². The van der Waals surface area contributed by atoms with E-state index >= 15 is 0 Å². The van der Waals surface area contributed by atoms with E-state index in [-0.39, 0.29) is 6.61 Å². The van der Waals surface area contributed by atoms with Gasteiger partial charge < -0.3 is 9.84 Å². The van der Waals surface area contributed by atoms with Crippen molar-refractivity contribution in [2.24, 2.45) is 0 Å². The summed E-state index contributed by atoms with van der Waals surface area (Å²) in [5, 5.41) is 12.9. The first-order valence-electron chi connectivity index (χ1n) is 6.30. The topological polar surface area (TPSA) is 50.5 Å². The fourth-order valence-corrected chi connectivity index (χ4v) is 2.31. The number of hydrogen-bond acceptors (Lipinski definition) is 4. The molecule has 0 spiro atoms. The number of aliphatic hydroxyl groups is 1. The van der Waals surface area contributed by atoms with Crippen molar-refractivity contribution >= 4 is 0 Å². The molecule has 2 rings (SSSR count). The van der Waals surface area contributed by atoms with Crippen LogP contribution in [0.4, 0.5) is 0 Å². The highest BCUT2D eigenvalue weighted by Crippen LogP contribution is 2.19. The Kier molecular flexibility index (Phi) is 4.97. The first-order valence-corrected chi connectivity index (χ1v) is 6.30. The lowest BCUT2D eigenvalue weighted by Gasteiger charge is -2.32. The van der Waals surface area contributed by atoms with Crippen molar-refractivity contribution in [1.82, 2.24) is 14.7 Å². The molecule has 0 aliphatic carbocycles. The van der Waals surface area contributed by atoms with Crippen LogP contribution in [0, 0.1) is 0 Å². The molecule has 17 heavy (non-hydrogen) atoms. The Bertz CT molecular complexity index is 303. The molecule has 1 N–H and O–H groups in total. The van der Waals surface area contributed by atoms with Crippen LogP contribution in [0.2, 0.25) is 0 Å². The molecule has 0 radical (unpaired) electrons. The summed E-state index contributed by atoms with van der Waals surface area (Å²) < 4.78 is 7.35. The Hall–Kier alpha value is -0.910. The number of nitrogens with zero attached hydrogens (tertiary/aromatic N) is 3. The summed E-state index contributed by atoms with van der Waals surface area (Å²) in [7, 11) is 0. The van der Waals surface area contributed by atoms with E-state index in [4.69, 9.17) is 9.84 Å². The molecule has 1 saturated heterocycles. The molecule has 0 saturated carbocycles. The van der Waals surface area contributed by atoms with Gasteiger partial charge in [-0.1, -0.05) is 0 Å². The van der Waals surface area contributed by atoms with Crippen LogP contribution in [0.5, 0.6) is 0 Å². The maximum atomic E-state index is 8.62. The predicted molar refractivity (Wildman–Crippen MR) is 64.8 cm³/mol. The molecule has 1 unspecified atom stereocenters. The Morgan fingerprint density at radius 3 is 3.12 bits per heavy atom. The van der Waals surface area contributed by atoms with Crippen LogP contribution in [0.3, 0.4) is 0 Å². The van der Waals surface area contributed by atoms with E-state index in [1.807, 2.05) is 18.5 Å². The molecule has 5 heteroatoms. The summed E-state index contributed by atoms with van der Waals surface area (Å²) in [6.45, 7) is 4.38. The van der Waals surface area contributed by atoms with Crippen LogP contribution in [-0.4, -0.2) is 59.2 Å². The molecule has 1 atom stereocenters. The lowest BCUT2D eigenvalue weighted by molar-refractivity contribution is 0.0625. The zero-order valence-electron chi connectivity index (χ0n) is 10.2. The second kappa shape index (κ2) is 6.74. The smallest absolute Gasteiger partial charge is 0.0698 e. The standard InChI is InChI=1S/C12H21N3O2/c16-8-10-17-9-7-14-5-1-3-12(11-14)15-6-2-4-13-15/h2,4,6,12,16H,1,3,5,7-11H2. The summed E-state index contributed by atoms with van der Waals surface area (Å²) in [6, 6.07) is 2.47. The summed E-state index contributed by atoms with van der Waals surface area (Å²) in [4.78, 5) is 2.41. The van der Waals surface area contributed by atoms with Crippen LogP contribution in [0.1, 0.15) is 18.9 Å². The monoisotopic (exact) mass is 239 g/mol. The minimum Gasteiger partial charge on any atom is -0.394 e. The third-order valence-electron chi connectivity index (χ3n) is 3.17. The van der Waals surface area contributed by atoms with Gasteiger partial charge >= 0.3 is 0 Å². The van der Waals surface area contributed by atoms with Crippen LogP contribution >= 0.6 is 0 Å². The highest BCUT2D eigenvalue weighted by molar-refractivity contribution is 4.84. The number of hydrogen-bond donors (Lipinski definition) is 1. The van der Waals surface area contributed by atoms with Crippen LogP contribution < -0.4 is 0 Å². The van der Waals surface area contributed by atoms with Gasteiger partial charge in [0.05, 0.1) is 25.9 Å². The Balaban J connectivity index is 1.73. The van der Waals surface area contributed by atoms with Crippen molar-refractivity contribution in [1.29, 1.82) is 0 Å². The zero-order valence-corrected chi connectivity index (χ0v) is 10.2. The molecule has 0 bridgehead atoms. The van der Waals surface area contributed by atoms with E-state index in [1.54, 1.807) is 0 Å². The first-order chi connectivity index (χ1) is 8.40. The SMILES string of the molecule is OCCOCCN1CCCC(n2cccn2)C1. The minimum absolute atomic E-state index is 0.107. The van der Waals surface area contributed by atoms with Crippen molar-refractivity contribution in [3.05, 3.63) is 18.5 Å². The maximum absolute atomic E-state index is 8.62. The number of ether oxygens (including phenoxy) is 1. The normalized spacial score (nSPS) is 21.8. The van der Waals surface area contributed by atoms with Crippen LogP contribution in [0.25, 0.3) is 0 Å². The Labute approximate surface area is 102 Å². The van der Waals surface area contributed by atoms with E-state index in [2.05, 4.69) is 14.7 Å². The minimum atomic E-state index is 0.107. The zero-order chi connectivity index (χ0) is 11.9. The van der Waals surface area contributed by atoms with E-state index in [0.29, 0.717) is 19.3 Å². The number of rotatable bonds is 6. The van der Waals surface area contributed by atoms with Crippen molar-refractivity contribution < 1.29 is 9.84 Å². The number of aromatic nitrogens is 2. The average molecular weight is 239 g/mol. The van der Waals surface area contributed by atoms with Gasteiger partial charge in [-0.25, -0.2) is 0 Å². The van der Waals surface area contributed by atoms with Gasteiger partial charge in [0, 0.05) is 25.5 Å². The third-order valence-corrected chi connectivity index (χ3v) is 3.17. The molecular weight excluding hydrogens is 218 g/mol. The van der Waals surface area contributed by atoms with Crippen molar-refractivity contribution in [3.8, 4) is 0 Å². The quantitative estimate of drug-likeness (QED) is 0.736. The Morgan fingerprint density at radius 1 is 1.41 bits per heavy atom. The highest BCUT2D eigenvalue weighted by atomic mass is 16.5. The van der Waals surface area contributed by atoms with Gasteiger partial charge in [0.15, 0.2) is 0 Å². The molecule has 0 aromatic carbocycles. The fraction of sp³-hybridized carbons (Fsp3) is 0.750. The lowest BCUT2D eigenvalue weighted by atomic mass is 10.1. The summed E-state index contributed by atoms with van der Waals surface area (Å²) in [6.07, 6.45) is 6.29. The van der Waals surface area contributed by atoms with E-state index < -0.39 is 0 Å². The molecule has 5 nitrogen and oxygen atoms in total.